The van der Waals surface area contributed by atoms with Gasteiger partial charge in [-0.3, -0.25) is 4.79 Å². The van der Waals surface area contributed by atoms with Crippen molar-refractivity contribution in [3.05, 3.63) is 117 Å². The summed E-state index contributed by atoms with van der Waals surface area (Å²) in [5.74, 6) is -2.72. The zero-order chi connectivity index (χ0) is 43.7. The molecule has 6 rings (SSSR count). The Bertz CT molecular complexity index is 2370. The monoisotopic (exact) mass is 914 g/mol. The van der Waals surface area contributed by atoms with Crippen LogP contribution in [0.3, 0.4) is 0 Å². The summed E-state index contributed by atoms with van der Waals surface area (Å²) in [6.07, 6.45) is 2.12. The summed E-state index contributed by atoms with van der Waals surface area (Å²) >= 11 is 11.1. The number of carbonyl (C=O) groups excluding carboxylic acids is 1. The molecule has 2 heterocycles. The van der Waals surface area contributed by atoms with E-state index in [9.17, 15) is 45.4 Å². The first-order valence-corrected chi connectivity index (χ1v) is 22.1. The number of carboxylic acids is 1. The number of hydrogen-bond donors (Lipinski definition) is 5. The number of nitrogen functional groups attached to an aromatic ring is 1. The minimum Gasteiger partial charge on any atom is -0.478 e. The van der Waals surface area contributed by atoms with Crippen molar-refractivity contribution in [3.8, 4) is 0 Å². The van der Waals surface area contributed by atoms with E-state index >= 15 is 0 Å². The summed E-state index contributed by atoms with van der Waals surface area (Å²) < 4.78 is 79.7. The Balaban J connectivity index is 0.000000270. The van der Waals surface area contributed by atoms with E-state index in [1.165, 1.54) is 69.3 Å². The number of sulfonamides is 2. The number of aryl methyl sites for hydroxylation is 2. The number of halogens is 4. The molecule has 2 aliphatic heterocycles. The van der Waals surface area contributed by atoms with Crippen molar-refractivity contribution in [1.29, 1.82) is 0 Å². The molecule has 60 heavy (non-hydrogen) atoms. The number of nitrogens with one attached hydrogen (secondary N) is 1. The smallest absolute Gasteiger partial charge is 0.335 e. The van der Waals surface area contributed by atoms with E-state index < -0.39 is 55.8 Å². The van der Waals surface area contributed by atoms with Gasteiger partial charge < -0.3 is 26.4 Å². The Hall–Kier alpha value is -4.20. The molecule has 328 valence electrons. The average Bonchev–Trinajstić information content (AvgIpc) is 3.54. The molecule has 2 unspecified atom stereocenters. The first-order valence-electron chi connectivity index (χ1n) is 18.5. The van der Waals surface area contributed by atoms with Crippen LogP contribution in [0.2, 0.25) is 10.0 Å². The van der Waals surface area contributed by atoms with E-state index in [2.05, 4.69) is 5.32 Å². The first kappa shape index (κ1) is 50.2. The summed E-state index contributed by atoms with van der Waals surface area (Å²) in [6.45, 7) is 4.51. The van der Waals surface area contributed by atoms with Gasteiger partial charge in [0.05, 0.1) is 37.6 Å². The number of nitrogens with two attached hydrogens (primary N) is 1. The van der Waals surface area contributed by atoms with Gasteiger partial charge in [0, 0.05) is 43.1 Å². The van der Waals surface area contributed by atoms with Crippen LogP contribution in [0.1, 0.15) is 77.8 Å². The van der Waals surface area contributed by atoms with Gasteiger partial charge in [0.1, 0.15) is 11.6 Å². The topological polar surface area (TPSA) is 208 Å². The second-order valence-electron chi connectivity index (χ2n) is 14.1. The van der Waals surface area contributed by atoms with Crippen molar-refractivity contribution in [2.45, 2.75) is 81.8 Å². The molecule has 0 aromatic heterocycles. The molecule has 2 atom stereocenters. The molecule has 2 fully saturated rings. The highest BCUT2D eigenvalue weighted by Gasteiger charge is 2.29. The third-order valence-corrected chi connectivity index (χ3v) is 13.7. The van der Waals surface area contributed by atoms with Crippen LogP contribution in [0.4, 0.5) is 20.2 Å². The maximum atomic E-state index is 13.3. The van der Waals surface area contributed by atoms with Crippen molar-refractivity contribution in [3.63, 3.8) is 0 Å². The maximum Gasteiger partial charge on any atom is 0.335 e. The number of nitrogens with zero attached hydrogens (tertiary/aromatic N) is 2. The van der Waals surface area contributed by atoms with Crippen molar-refractivity contribution in [1.82, 2.24) is 8.61 Å². The Labute approximate surface area is 359 Å². The SMILES string of the molecule is C.Cc1cc(C(=O)Nc2ccc(F)c(Cl)c2)cc(S(=O)(=O)N2CCCC(O)CC2)c1.Cc1cc(C(=O)O)cc(S(=O)(=O)N2CCCC(O)CC2)c1.Nc1ccc(F)c(Cl)c1. The van der Waals surface area contributed by atoms with Gasteiger partial charge in [0.25, 0.3) is 5.91 Å². The van der Waals surface area contributed by atoms with Crippen LogP contribution in [0.5, 0.6) is 0 Å². The predicted octanol–water partition coefficient (Wildman–Crippen LogP) is 7.50. The lowest BCUT2D eigenvalue weighted by atomic mass is 10.1. The Morgan fingerprint density at radius 3 is 1.58 bits per heavy atom. The van der Waals surface area contributed by atoms with E-state index in [-0.39, 0.29) is 51.5 Å². The molecule has 19 heteroatoms. The van der Waals surface area contributed by atoms with Gasteiger partial charge in [-0.15, -0.1) is 0 Å². The summed E-state index contributed by atoms with van der Waals surface area (Å²) in [7, 11) is -7.53. The highest BCUT2D eigenvalue weighted by atomic mass is 35.5. The molecular weight excluding hydrogens is 866 g/mol. The molecule has 2 saturated heterocycles. The molecule has 6 N–H and O–H groups in total. The zero-order valence-electron chi connectivity index (χ0n) is 32.2. The minimum absolute atomic E-state index is 0. The van der Waals surface area contributed by atoms with Crippen LogP contribution in [0.25, 0.3) is 0 Å². The van der Waals surface area contributed by atoms with E-state index in [1.54, 1.807) is 19.9 Å². The van der Waals surface area contributed by atoms with Gasteiger partial charge in [0.15, 0.2) is 0 Å². The molecule has 2 aliphatic rings. The molecule has 4 aromatic rings. The minimum atomic E-state index is -3.80. The van der Waals surface area contributed by atoms with Crippen molar-refractivity contribution >= 4 is 66.5 Å². The third-order valence-electron chi connectivity index (χ3n) is 9.32. The maximum absolute atomic E-state index is 13.3. The van der Waals surface area contributed by atoms with Crippen LogP contribution < -0.4 is 11.1 Å². The van der Waals surface area contributed by atoms with E-state index in [1.807, 2.05) is 0 Å². The van der Waals surface area contributed by atoms with Crippen LogP contribution in [0, 0.1) is 25.5 Å². The average molecular weight is 916 g/mol. The molecule has 4 aromatic carbocycles. The summed E-state index contributed by atoms with van der Waals surface area (Å²) in [6, 6.07) is 16.4. The fourth-order valence-corrected chi connectivity index (χ4v) is 9.84. The lowest BCUT2D eigenvalue weighted by molar-refractivity contribution is 0.0696. The highest BCUT2D eigenvalue weighted by molar-refractivity contribution is 7.89. The molecule has 0 aliphatic carbocycles. The number of carbonyl (C=O) groups is 2. The summed E-state index contributed by atoms with van der Waals surface area (Å²) in [5.41, 5.74) is 7.38. The molecule has 1 amide bonds. The predicted molar refractivity (Wildman–Crippen MR) is 228 cm³/mol. The zero-order valence-corrected chi connectivity index (χ0v) is 35.4. The first-order chi connectivity index (χ1) is 27.7. The van der Waals surface area contributed by atoms with E-state index in [0.717, 1.165) is 6.07 Å². The molecule has 13 nitrogen and oxygen atoms in total. The Morgan fingerprint density at radius 2 is 1.13 bits per heavy atom. The number of benzene rings is 4. The number of hydrogen-bond acceptors (Lipinski definition) is 9. The quantitative estimate of drug-likeness (QED) is 0.115. The Kier molecular flexibility index (Phi) is 18.4. The standard InChI is InChI=1S/C20H22ClFN2O4S.C14H19NO5S.C6H5ClFN.CH4/c1-13-9-14(20(26)23-15-4-5-19(22)18(21)12-15)11-17(10-13)29(27,28)24-7-2-3-16(25)6-8-24;1-10-7-11(14(17)18)9-13(8-10)21(19,20)15-5-2-3-12(16)4-6-15;7-5-3-4(9)1-2-6(5)8;/h4-5,9-12,16,25H,2-3,6-8H2,1H3,(H,23,26);7-9,12,16H,2-6H2,1H3,(H,17,18);1-3H,9H2;1H4. The highest BCUT2D eigenvalue weighted by Crippen LogP contribution is 2.26. The van der Waals surface area contributed by atoms with Gasteiger partial charge in [0.2, 0.25) is 20.0 Å². The fraction of sp³-hybridized carbons (Fsp3) is 0.366. The number of aromatic carboxylic acids is 1. The molecule has 0 radical (unpaired) electrons. The molecule has 0 spiro atoms. The number of carboxylic acid groups (broad SMARTS) is 1. The van der Waals surface area contributed by atoms with E-state index in [0.29, 0.717) is 74.1 Å². The molecular formula is C41H50Cl2F2N4O9S2. The van der Waals surface area contributed by atoms with Crippen LogP contribution >= 0.6 is 23.2 Å². The van der Waals surface area contributed by atoms with Crippen LogP contribution in [-0.2, 0) is 20.0 Å². The lowest BCUT2D eigenvalue weighted by Gasteiger charge is -2.20. The van der Waals surface area contributed by atoms with Crippen LogP contribution in [0.15, 0.2) is 82.6 Å². The normalized spacial score (nSPS) is 17.6. The number of anilines is 2. The lowest BCUT2D eigenvalue weighted by Crippen LogP contribution is -2.32. The number of aliphatic hydroxyl groups is 2. The van der Waals surface area contributed by atoms with Crippen molar-refractivity contribution in [2.24, 2.45) is 0 Å². The van der Waals surface area contributed by atoms with Gasteiger partial charge in [-0.1, -0.05) is 30.6 Å². The number of rotatable bonds is 7. The fourth-order valence-electron chi connectivity index (χ4n) is 6.22. The van der Waals surface area contributed by atoms with Gasteiger partial charge in [-0.25, -0.2) is 30.4 Å². The second kappa shape index (κ2) is 22.1. The number of amides is 1. The molecule has 0 bridgehead atoms. The van der Waals surface area contributed by atoms with Crippen molar-refractivity contribution in [2.75, 3.05) is 37.2 Å². The third kappa shape index (κ3) is 13.9. The van der Waals surface area contributed by atoms with Crippen LogP contribution in [-0.4, -0.2) is 91.0 Å². The van der Waals surface area contributed by atoms with Gasteiger partial charge >= 0.3 is 5.97 Å². The van der Waals surface area contributed by atoms with Gasteiger partial charge in [-0.05, 0) is 136 Å². The summed E-state index contributed by atoms with van der Waals surface area (Å²) in [5, 5.41) is 31.0. The summed E-state index contributed by atoms with van der Waals surface area (Å²) in [4.78, 5) is 23.7. The largest absolute Gasteiger partial charge is 0.478 e. The Morgan fingerprint density at radius 1 is 0.683 bits per heavy atom. The number of aliphatic hydroxyl groups excluding tert-OH is 2. The van der Waals surface area contributed by atoms with Crippen molar-refractivity contribution < 1.29 is 50.5 Å². The molecule has 0 saturated carbocycles. The second-order valence-corrected chi connectivity index (χ2v) is 18.8. The van der Waals surface area contributed by atoms with Gasteiger partial charge in [-0.2, -0.15) is 8.61 Å². The van der Waals surface area contributed by atoms with E-state index in [4.69, 9.17) is 34.0 Å².